The van der Waals surface area contributed by atoms with Gasteiger partial charge in [0.15, 0.2) is 0 Å². The highest BCUT2D eigenvalue weighted by atomic mass is 16.4. The van der Waals surface area contributed by atoms with Crippen molar-refractivity contribution in [2.45, 2.75) is 13.1 Å². The Balaban J connectivity index is 1.93. The summed E-state index contributed by atoms with van der Waals surface area (Å²) in [6.07, 6.45) is 1.55. The van der Waals surface area contributed by atoms with Crippen molar-refractivity contribution in [2.24, 2.45) is 5.73 Å². The van der Waals surface area contributed by atoms with E-state index in [0.29, 0.717) is 17.8 Å². The van der Waals surface area contributed by atoms with Crippen LogP contribution in [0.25, 0.3) is 0 Å². The first-order valence-electron chi connectivity index (χ1n) is 5.79. The number of rotatable bonds is 6. The molecule has 0 bridgehead atoms. The van der Waals surface area contributed by atoms with Crippen molar-refractivity contribution in [1.82, 2.24) is 15.0 Å². The first-order valence-corrected chi connectivity index (χ1v) is 5.79. The van der Waals surface area contributed by atoms with E-state index in [9.17, 15) is 9.59 Å². The van der Waals surface area contributed by atoms with E-state index in [-0.39, 0.29) is 6.54 Å². The maximum Gasteiger partial charge on any atom is 0.325 e. The summed E-state index contributed by atoms with van der Waals surface area (Å²) >= 11 is 0. The molecule has 0 aliphatic rings. The van der Waals surface area contributed by atoms with Gasteiger partial charge in [0.05, 0.1) is 12.7 Å². The largest absolute Gasteiger partial charge is 0.480 e. The third kappa shape index (κ3) is 3.55. The lowest BCUT2D eigenvalue weighted by Crippen LogP contribution is -2.10. The minimum absolute atomic E-state index is 0.222. The lowest BCUT2D eigenvalue weighted by molar-refractivity contribution is -0.137. The van der Waals surface area contributed by atoms with Crippen LogP contribution in [-0.4, -0.2) is 32.0 Å². The van der Waals surface area contributed by atoms with E-state index in [1.165, 1.54) is 4.68 Å². The molecule has 0 saturated carbocycles. The smallest absolute Gasteiger partial charge is 0.325 e. The quantitative estimate of drug-likeness (QED) is 0.685. The Hall–Kier alpha value is -2.90. The summed E-state index contributed by atoms with van der Waals surface area (Å²) in [6, 6.07) is 6.68. The number of nitrogens with two attached hydrogens (primary N) is 1. The Bertz CT molecular complexity index is 620. The zero-order chi connectivity index (χ0) is 14.5. The highest BCUT2D eigenvalue weighted by molar-refractivity contribution is 5.93. The minimum Gasteiger partial charge on any atom is -0.480 e. The molecule has 1 aromatic carbocycles. The Morgan fingerprint density at radius 2 is 2.00 bits per heavy atom. The molecule has 2 aromatic rings. The normalized spacial score (nSPS) is 10.2. The van der Waals surface area contributed by atoms with Crippen LogP contribution < -0.4 is 11.1 Å². The van der Waals surface area contributed by atoms with Crippen LogP contribution in [0.2, 0.25) is 0 Å². The fourth-order valence-corrected chi connectivity index (χ4v) is 1.58. The van der Waals surface area contributed by atoms with Gasteiger partial charge in [-0.3, -0.25) is 9.59 Å². The van der Waals surface area contributed by atoms with Crippen LogP contribution in [0.3, 0.4) is 0 Å². The van der Waals surface area contributed by atoms with Crippen molar-refractivity contribution in [2.75, 3.05) is 5.32 Å². The van der Waals surface area contributed by atoms with Crippen LogP contribution in [0.4, 0.5) is 5.69 Å². The van der Waals surface area contributed by atoms with Crippen LogP contribution in [0.1, 0.15) is 16.1 Å². The zero-order valence-electron chi connectivity index (χ0n) is 10.5. The minimum atomic E-state index is -0.976. The van der Waals surface area contributed by atoms with Gasteiger partial charge in [-0.2, -0.15) is 0 Å². The summed E-state index contributed by atoms with van der Waals surface area (Å²) in [4.78, 5) is 21.4. The van der Waals surface area contributed by atoms with Gasteiger partial charge in [-0.1, -0.05) is 5.21 Å². The van der Waals surface area contributed by atoms with E-state index >= 15 is 0 Å². The van der Waals surface area contributed by atoms with Gasteiger partial charge in [0, 0.05) is 11.3 Å². The standard InChI is InChI=1S/C12H13N5O3/c13-12(20)8-1-3-9(4-2-8)14-5-10-6-17(16-15-10)7-11(18)19/h1-4,6,14H,5,7H2,(H2,13,20)(H,18,19). The Kier molecular flexibility index (Phi) is 3.94. The van der Waals surface area contributed by atoms with Crippen molar-refractivity contribution >= 4 is 17.6 Å². The number of benzene rings is 1. The lowest BCUT2D eigenvalue weighted by Gasteiger charge is -2.04. The molecule has 0 aliphatic carbocycles. The number of hydrogen-bond donors (Lipinski definition) is 3. The number of nitrogens with zero attached hydrogens (tertiary/aromatic N) is 3. The van der Waals surface area contributed by atoms with Crippen LogP contribution in [-0.2, 0) is 17.9 Å². The van der Waals surface area contributed by atoms with Gasteiger partial charge in [-0.05, 0) is 24.3 Å². The number of primary amides is 1. The van der Waals surface area contributed by atoms with Gasteiger partial charge in [0.25, 0.3) is 0 Å². The van der Waals surface area contributed by atoms with E-state index in [1.54, 1.807) is 30.5 Å². The number of anilines is 1. The fourth-order valence-electron chi connectivity index (χ4n) is 1.58. The monoisotopic (exact) mass is 275 g/mol. The molecule has 8 nitrogen and oxygen atoms in total. The van der Waals surface area contributed by atoms with Crippen molar-refractivity contribution in [3.8, 4) is 0 Å². The molecule has 20 heavy (non-hydrogen) atoms. The predicted molar refractivity (Wildman–Crippen MR) is 69.9 cm³/mol. The summed E-state index contributed by atoms with van der Waals surface area (Å²) in [5.41, 5.74) is 6.99. The van der Waals surface area contributed by atoms with Crippen molar-refractivity contribution < 1.29 is 14.7 Å². The second-order valence-electron chi connectivity index (χ2n) is 4.10. The van der Waals surface area contributed by atoms with Crippen LogP contribution in [0.5, 0.6) is 0 Å². The summed E-state index contributed by atoms with van der Waals surface area (Å²) in [5.74, 6) is -1.45. The molecular formula is C12H13N5O3. The number of nitrogens with one attached hydrogen (secondary N) is 1. The molecule has 2 rings (SSSR count). The lowest BCUT2D eigenvalue weighted by atomic mass is 10.2. The van der Waals surface area contributed by atoms with Gasteiger partial charge in [-0.25, -0.2) is 4.68 Å². The molecule has 0 unspecified atom stereocenters. The Morgan fingerprint density at radius 3 is 2.60 bits per heavy atom. The molecule has 0 saturated heterocycles. The fraction of sp³-hybridized carbons (Fsp3) is 0.167. The number of carbonyl (C=O) groups excluding carboxylic acids is 1. The van der Waals surface area contributed by atoms with Crippen molar-refractivity contribution in [3.05, 3.63) is 41.7 Å². The summed E-state index contributed by atoms with van der Waals surface area (Å²) < 4.78 is 1.25. The topological polar surface area (TPSA) is 123 Å². The van der Waals surface area contributed by atoms with Gasteiger partial charge < -0.3 is 16.2 Å². The molecule has 0 spiro atoms. The number of aromatic nitrogens is 3. The summed E-state index contributed by atoms with van der Waals surface area (Å²) in [5, 5.41) is 19.2. The summed E-state index contributed by atoms with van der Waals surface area (Å²) in [6.45, 7) is 0.176. The number of aliphatic carboxylic acids is 1. The average Bonchev–Trinajstić information content (AvgIpc) is 2.83. The maximum absolute atomic E-state index is 10.9. The third-order valence-corrected chi connectivity index (χ3v) is 2.53. The molecule has 0 atom stereocenters. The maximum atomic E-state index is 10.9. The molecule has 0 radical (unpaired) electrons. The molecule has 1 heterocycles. The molecule has 4 N–H and O–H groups in total. The van der Waals surface area contributed by atoms with E-state index in [4.69, 9.17) is 10.8 Å². The molecule has 1 aromatic heterocycles. The van der Waals surface area contributed by atoms with E-state index in [1.807, 2.05) is 0 Å². The first kappa shape index (κ1) is 13.5. The predicted octanol–water partition coefficient (Wildman–Crippen LogP) is 0.0737. The van der Waals surface area contributed by atoms with E-state index in [0.717, 1.165) is 5.69 Å². The van der Waals surface area contributed by atoms with Gasteiger partial charge >= 0.3 is 5.97 Å². The number of amides is 1. The number of hydrogen-bond acceptors (Lipinski definition) is 5. The molecule has 0 fully saturated rings. The van der Waals surface area contributed by atoms with E-state index < -0.39 is 11.9 Å². The van der Waals surface area contributed by atoms with Gasteiger partial charge in [0.2, 0.25) is 5.91 Å². The SMILES string of the molecule is NC(=O)c1ccc(NCc2cn(CC(=O)O)nn2)cc1. The highest BCUT2D eigenvalue weighted by Crippen LogP contribution is 2.10. The van der Waals surface area contributed by atoms with E-state index in [2.05, 4.69) is 15.6 Å². The Labute approximate surface area is 114 Å². The highest BCUT2D eigenvalue weighted by Gasteiger charge is 2.04. The van der Waals surface area contributed by atoms with Gasteiger partial charge in [0.1, 0.15) is 12.2 Å². The van der Waals surface area contributed by atoms with Crippen LogP contribution >= 0.6 is 0 Å². The summed E-state index contributed by atoms with van der Waals surface area (Å²) in [7, 11) is 0. The Morgan fingerprint density at radius 1 is 1.30 bits per heavy atom. The van der Waals surface area contributed by atoms with Crippen molar-refractivity contribution in [3.63, 3.8) is 0 Å². The van der Waals surface area contributed by atoms with Crippen LogP contribution in [0, 0.1) is 0 Å². The first-order chi connectivity index (χ1) is 9.54. The zero-order valence-corrected chi connectivity index (χ0v) is 10.5. The third-order valence-electron chi connectivity index (χ3n) is 2.53. The number of carboxylic acids is 1. The molecule has 8 heteroatoms. The molecule has 1 amide bonds. The number of carboxylic acid groups (broad SMARTS) is 1. The number of carbonyl (C=O) groups is 2. The second kappa shape index (κ2) is 5.83. The van der Waals surface area contributed by atoms with Crippen LogP contribution in [0.15, 0.2) is 30.5 Å². The average molecular weight is 275 g/mol. The van der Waals surface area contributed by atoms with Crippen molar-refractivity contribution in [1.29, 1.82) is 0 Å². The second-order valence-corrected chi connectivity index (χ2v) is 4.10. The molecular weight excluding hydrogens is 262 g/mol. The van der Waals surface area contributed by atoms with Gasteiger partial charge in [-0.15, -0.1) is 5.10 Å². The molecule has 104 valence electrons. The molecule has 0 aliphatic heterocycles.